The second-order valence-electron chi connectivity index (χ2n) is 6.80. The standard InChI is InChI=1S/C16H24F3N3O2S/c1-11-13(14(22(2)21-11)23-9-16(17,18)19)8-20-12-3-5-24-15(7-12)4-6-25-10-15/h12,20H,3-10H2,1-2H3/t12-,15-/m1/s1. The predicted octanol–water partition coefficient (Wildman–Crippen LogP) is 2.81. The first kappa shape index (κ1) is 18.8. The molecule has 0 saturated carbocycles. The minimum Gasteiger partial charge on any atom is -0.468 e. The SMILES string of the molecule is Cc1nn(C)c(OCC(F)(F)F)c1CN[C@@H]1CCO[C@]2(CCSC2)C1. The Hall–Kier alpha value is -0.930. The molecule has 9 heteroatoms. The maximum atomic E-state index is 12.5. The van der Waals surface area contributed by atoms with Crippen molar-refractivity contribution in [1.29, 1.82) is 0 Å². The molecule has 2 aliphatic rings. The number of ether oxygens (including phenoxy) is 2. The van der Waals surface area contributed by atoms with Gasteiger partial charge in [-0.3, -0.25) is 0 Å². The number of aryl methyl sites for hydroxylation is 2. The van der Waals surface area contributed by atoms with E-state index in [1.165, 1.54) is 4.68 Å². The Labute approximate surface area is 149 Å². The van der Waals surface area contributed by atoms with Gasteiger partial charge in [-0.25, -0.2) is 4.68 Å². The fourth-order valence-corrected chi connectivity index (χ4v) is 4.91. The van der Waals surface area contributed by atoms with E-state index in [-0.39, 0.29) is 11.5 Å². The zero-order valence-electron chi connectivity index (χ0n) is 14.5. The number of thioether (sulfide) groups is 1. The van der Waals surface area contributed by atoms with Crippen LogP contribution in [0.5, 0.6) is 5.88 Å². The van der Waals surface area contributed by atoms with E-state index in [1.54, 1.807) is 14.0 Å². The lowest BCUT2D eigenvalue weighted by molar-refractivity contribution is -0.154. The Morgan fingerprint density at radius 1 is 1.48 bits per heavy atom. The highest BCUT2D eigenvalue weighted by Crippen LogP contribution is 2.38. The Morgan fingerprint density at radius 2 is 2.28 bits per heavy atom. The van der Waals surface area contributed by atoms with Crippen molar-refractivity contribution in [2.75, 3.05) is 24.7 Å². The molecule has 3 rings (SSSR count). The molecular formula is C16H24F3N3O2S. The summed E-state index contributed by atoms with van der Waals surface area (Å²) in [6.45, 7) is 1.65. The van der Waals surface area contributed by atoms with Crippen molar-refractivity contribution < 1.29 is 22.6 Å². The van der Waals surface area contributed by atoms with Crippen LogP contribution >= 0.6 is 11.8 Å². The minimum absolute atomic E-state index is 0.0276. The van der Waals surface area contributed by atoms with Crippen LogP contribution in [0.1, 0.15) is 30.5 Å². The van der Waals surface area contributed by atoms with Gasteiger partial charge in [-0.2, -0.15) is 30.0 Å². The van der Waals surface area contributed by atoms with Gasteiger partial charge in [0.25, 0.3) is 0 Å². The Kier molecular flexibility index (Phi) is 5.55. The molecule has 1 N–H and O–H groups in total. The number of alkyl halides is 3. The van der Waals surface area contributed by atoms with Crippen LogP contribution in [0.3, 0.4) is 0 Å². The van der Waals surface area contributed by atoms with E-state index in [4.69, 9.17) is 9.47 Å². The molecule has 0 radical (unpaired) electrons. The first-order chi connectivity index (χ1) is 11.8. The van der Waals surface area contributed by atoms with Crippen molar-refractivity contribution in [3.63, 3.8) is 0 Å². The first-order valence-corrected chi connectivity index (χ1v) is 9.61. The summed E-state index contributed by atoms with van der Waals surface area (Å²) < 4.78 is 49.8. The average Bonchev–Trinajstić information content (AvgIpc) is 3.07. The summed E-state index contributed by atoms with van der Waals surface area (Å²) in [5, 5.41) is 7.68. The molecule has 0 unspecified atom stereocenters. The highest BCUT2D eigenvalue weighted by molar-refractivity contribution is 7.99. The van der Waals surface area contributed by atoms with Gasteiger partial charge >= 0.3 is 6.18 Å². The highest BCUT2D eigenvalue weighted by Gasteiger charge is 2.40. The normalized spacial score (nSPS) is 27.2. The topological polar surface area (TPSA) is 48.3 Å². The third-order valence-corrected chi connectivity index (χ3v) is 6.01. The molecule has 0 aliphatic carbocycles. The number of nitrogens with zero attached hydrogens (tertiary/aromatic N) is 2. The number of rotatable bonds is 5. The summed E-state index contributed by atoms with van der Waals surface area (Å²) in [7, 11) is 1.60. The van der Waals surface area contributed by atoms with Gasteiger partial charge in [0.2, 0.25) is 5.88 Å². The number of nitrogens with one attached hydrogen (secondary N) is 1. The van der Waals surface area contributed by atoms with Gasteiger partial charge in [-0.1, -0.05) is 0 Å². The molecule has 3 heterocycles. The molecular weight excluding hydrogens is 355 g/mol. The van der Waals surface area contributed by atoms with Crippen LogP contribution < -0.4 is 10.1 Å². The van der Waals surface area contributed by atoms with Crippen molar-refractivity contribution in [2.45, 2.75) is 50.6 Å². The lowest BCUT2D eigenvalue weighted by Crippen LogP contribution is -2.47. The van der Waals surface area contributed by atoms with Crippen molar-refractivity contribution in [3.05, 3.63) is 11.3 Å². The van der Waals surface area contributed by atoms with Gasteiger partial charge in [0, 0.05) is 32.0 Å². The Balaban J connectivity index is 1.62. The number of hydrogen-bond donors (Lipinski definition) is 1. The van der Waals surface area contributed by atoms with Crippen molar-refractivity contribution in [3.8, 4) is 5.88 Å². The van der Waals surface area contributed by atoms with Crippen LogP contribution in [-0.4, -0.2) is 52.3 Å². The second kappa shape index (κ2) is 7.36. The highest BCUT2D eigenvalue weighted by atomic mass is 32.2. The molecule has 1 aromatic rings. The molecule has 142 valence electrons. The molecule has 5 nitrogen and oxygen atoms in total. The van der Waals surface area contributed by atoms with Crippen LogP contribution in [-0.2, 0) is 18.3 Å². The smallest absolute Gasteiger partial charge is 0.422 e. The first-order valence-electron chi connectivity index (χ1n) is 8.45. The van der Waals surface area contributed by atoms with Crippen molar-refractivity contribution in [1.82, 2.24) is 15.1 Å². The second-order valence-corrected chi connectivity index (χ2v) is 7.91. The van der Waals surface area contributed by atoms with Crippen molar-refractivity contribution >= 4 is 11.8 Å². The van der Waals surface area contributed by atoms with Gasteiger partial charge in [-0.05, 0) is 31.9 Å². The summed E-state index contributed by atoms with van der Waals surface area (Å²) in [6.07, 6.45) is -1.44. The molecule has 25 heavy (non-hydrogen) atoms. The average molecular weight is 379 g/mol. The summed E-state index contributed by atoms with van der Waals surface area (Å²) in [4.78, 5) is 0. The molecule has 2 atom stereocenters. The van der Waals surface area contributed by atoms with E-state index in [0.717, 1.165) is 37.4 Å². The zero-order chi connectivity index (χ0) is 18.1. The van der Waals surface area contributed by atoms with E-state index in [2.05, 4.69) is 10.4 Å². The number of hydrogen-bond acceptors (Lipinski definition) is 5. The number of aromatic nitrogens is 2. The molecule has 0 bridgehead atoms. The quantitative estimate of drug-likeness (QED) is 0.853. The van der Waals surface area contributed by atoms with Crippen molar-refractivity contribution in [2.24, 2.45) is 7.05 Å². The maximum Gasteiger partial charge on any atom is 0.422 e. The van der Waals surface area contributed by atoms with E-state index in [9.17, 15) is 13.2 Å². The molecule has 0 amide bonds. The van der Waals surface area contributed by atoms with E-state index >= 15 is 0 Å². The van der Waals surface area contributed by atoms with E-state index in [1.807, 2.05) is 11.8 Å². The van der Waals surface area contributed by atoms with Crippen LogP contribution in [0.4, 0.5) is 13.2 Å². The fraction of sp³-hybridized carbons (Fsp3) is 0.812. The van der Waals surface area contributed by atoms with Crippen LogP contribution in [0.2, 0.25) is 0 Å². The lowest BCUT2D eigenvalue weighted by Gasteiger charge is -2.38. The maximum absolute atomic E-state index is 12.5. The summed E-state index contributed by atoms with van der Waals surface area (Å²) >= 11 is 1.92. The van der Waals surface area contributed by atoms with Gasteiger partial charge in [0.1, 0.15) is 0 Å². The van der Waals surface area contributed by atoms with Gasteiger partial charge in [0.05, 0.1) is 16.9 Å². The van der Waals surface area contributed by atoms with Crippen LogP contribution in [0, 0.1) is 6.92 Å². The Bertz CT molecular complexity index is 600. The molecule has 2 fully saturated rings. The molecule has 2 aliphatic heterocycles. The summed E-state index contributed by atoms with van der Waals surface area (Å²) in [6, 6.07) is 0.294. The third-order valence-electron chi connectivity index (χ3n) is 4.79. The fourth-order valence-electron chi connectivity index (χ4n) is 3.53. The molecule has 0 aromatic carbocycles. The molecule has 1 spiro atoms. The molecule has 1 aromatic heterocycles. The van der Waals surface area contributed by atoms with E-state index in [0.29, 0.717) is 23.8 Å². The summed E-state index contributed by atoms with van der Waals surface area (Å²) in [5.41, 5.74) is 1.35. The summed E-state index contributed by atoms with van der Waals surface area (Å²) in [5.74, 6) is 2.33. The van der Waals surface area contributed by atoms with E-state index < -0.39 is 12.8 Å². The predicted molar refractivity (Wildman–Crippen MR) is 90.0 cm³/mol. The van der Waals surface area contributed by atoms with Gasteiger partial charge in [0.15, 0.2) is 6.61 Å². The minimum atomic E-state index is -4.36. The lowest BCUT2D eigenvalue weighted by atomic mass is 9.90. The molecule has 2 saturated heterocycles. The van der Waals surface area contributed by atoms with Gasteiger partial charge in [-0.15, -0.1) is 0 Å². The third kappa shape index (κ3) is 4.62. The Morgan fingerprint density at radius 3 is 2.96 bits per heavy atom. The number of halogens is 3. The van der Waals surface area contributed by atoms with Gasteiger partial charge < -0.3 is 14.8 Å². The van der Waals surface area contributed by atoms with Crippen LogP contribution in [0.15, 0.2) is 0 Å². The largest absolute Gasteiger partial charge is 0.468 e. The van der Waals surface area contributed by atoms with Crippen LogP contribution in [0.25, 0.3) is 0 Å². The monoisotopic (exact) mass is 379 g/mol. The zero-order valence-corrected chi connectivity index (χ0v) is 15.3.